The Labute approximate surface area is 158 Å². The Balaban J connectivity index is 1.81. The van der Waals surface area contributed by atoms with Crippen LogP contribution in [0.1, 0.15) is 22.3 Å². The molecule has 1 aliphatic rings. The molecule has 1 aliphatic heterocycles. The van der Waals surface area contributed by atoms with E-state index in [1.807, 2.05) is 30.3 Å². The van der Waals surface area contributed by atoms with Crippen LogP contribution in [-0.4, -0.2) is 32.2 Å². The smallest absolute Gasteiger partial charge is 0.244 e. The fourth-order valence-corrected chi connectivity index (χ4v) is 5.13. The molecule has 0 bridgehead atoms. The van der Waals surface area contributed by atoms with Crippen molar-refractivity contribution in [2.24, 2.45) is 0 Å². The van der Waals surface area contributed by atoms with Crippen molar-refractivity contribution in [2.75, 3.05) is 13.7 Å². The van der Waals surface area contributed by atoms with Crippen molar-refractivity contribution < 1.29 is 17.9 Å². The summed E-state index contributed by atoms with van der Waals surface area (Å²) >= 11 is 0. The highest BCUT2D eigenvalue weighted by molar-refractivity contribution is 7.89. The zero-order chi connectivity index (χ0) is 19.0. The molecular weight excluding hydrogens is 362 g/mol. The van der Waals surface area contributed by atoms with Gasteiger partial charge < -0.3 is 4.74 Å². The fourth-order valence-electron chi connectivity index (χ4n) is 3.49. The molecule has 4 rings (SSSR count). The van der Waals surface area contributed by atoms with Gasteiger partial charge in [0.25, 0.3) is 0 Å². The first-order valence-corrected chi connectivity index (χ1v) is 10.1. The molecule has 0 radical (unpaired) electrons. The minimum absolute atomic E-state index is 0.0525. The lowest BCUT2D eigenvalue weighted by Gasteiger charge is -2.21. The predicted octanol–water partition coefficient (Wildman–Crippen LogP) is 3.63. The average Bonchev–Trinajstić information content (AvgIpc) is 2.86. The van der Waals surface area contributed by atoms with Gasteiger partial charge in [-0.25, -0.2) is 8.42 Å². The SMILES string of the molecule is COc1ccc2c(c1)CN(S(=O)(=O)c1cccc3ccccc13)CCC2=O. The van der Waals surface area contributed by atoms with Crippen LogP contribution in [0.4, 0.5) is 0 Å². The molecule has 0 aliphatic carbocycles. The molecule has 0 fully saturated rings. The second kappa shape index (κ2) is 6.79. The molecule has 1 heterocycles. The van der Waals surface area contributed by atoms with Crippen molar-refractivity contribution in [1.82, 2.24) is 4.31 Å². The fraction of sp³-hybridized carbons (Fsp3) is 0.190. The van der Waals surface area contributed by atoms with Crippen LogP contribution < -0.4 is 4.74 Å². The standard InChI is InChI=1S/C21H19NO4S/c1-26-17-9-10-18-16(13-17)14-22(12-11-20(18)23)27(24,25)21-8-4-6-15-5-2-3-7-19(15)21/h2-10,13H,11-12,14H2,1H3. The Bertz CT molecular complexity index is 1130. The summed E-state index contributed by atoms with van der Waals surface area (Å²) in [5.41, 5.74) is 1.23. The summed E-state index contributed by atoms with van der Waals surface area (Å²) in [5, 5.41) is 1.55. The first kappa shape index (κ1) is 17.7. The lowest BCUT2D eigenvalue weighted by molar-refractivity contribution is 0.0981. The number of sulfonamides is 1. The van der Waals surface area contributed by atoms with Crippen molar-refractivity contribution in [3.05, 3.63) is 71.8 Å². The Morgan fingerprint density at radius 3 is 2.59 bits per heavy atom. The van der Waals surface area contributed by atoms with Crippen molar-refractivity contribution in [3.63, 3.8) is 0 Å². The third-order valence-corrected chi connectivity index (χ3v) is 6.82. The maximum Gasteiger partial charge on any atom is 0.244 e. The van der Waals surface area contributed by atoms with Crippen LogP contribution in [0.3, 0.4) is 0 Å². The zero-order valence-corrected chi connectivity index (χ0v) is 15.7. The number of fused-ring (bicyclic) bond motifs is 2. The highest BCUT2D eigenvalue weighted by Crippen LogP contribution is 2.30. The first-order chi connectivity index (χ1) is 13.0. The third kappa shape index (κ3) is 3.11. The van der Waals surface area contributed by atoms with Gasteiger partial charge in [0.05, 0.1) is 12.0 Å². The molecule has 0 amide bonds. The number of Topliss-reactive ketones (excluding diaryl/α,β-unsaturated/α-hetero) is 1. The quantitative estimate of drug-likeness (QED) is 0.695. The topological polar surface area (TPSA) is 63.7 Å². The summed E-state index contributed by atoms with van der Waals surface area (Å²) in [5.74, 6) is 0.550. The van der Waals surface area contributed by atoms with Crippen molar-refractivity contribution in [3.8, 4) is 5.75 Å². The molecule has 3 aromatic rings. The van der Waals surface area contributed by atoms with E-state index in [9.17, 15) is 13.2 Å². The molecular formula is C21H19NO4S. The van der Waals surface area contributed by atoms with Gasteiger partial charge >= 0.3 is 0 Å². The van der Waals surface area contributed by atoms with E-state index in [4.69, 9.17) is 4.74 Å². The predicted molar refractivity (Wildman–Crippen MR) is 103 cm³/mol. The molecule has 0 saturated heterocycles. The van der Waals surface area contributed by atoms with Crippen molar-refractivity contribution in [1.29, 1.82) is 0 Å². The average molecular weight is 381 g/mol. The summed E-state index contributed by atoms with van der Waals surface area (Å²) in [7, 11) is -2.21. The number of hydrogen-bond donors (Lipinski definition) is 0. The number of ketones is 1. The Morgan fingerprint density at radius 2 is 1.78 bits per heavy atom. The molecule has 0 atom stereocenters. The van der Waals surface area contributed by atoms with E-state index in [0.717, 1.165) is 5.39 Å². The van der Waals surface area contributed by atoms with Crippen molar-refractivity contribution in [2.45, 2.75) is 17.9 Å². The normalized spacial score (nSPS) is 15.4. The Morgan fingerprint density at radius 1 is 1.00 bits per heavy atom. The maximum atomic E-state index is 13.4. The Hall–Kier alpha value is -2.70. The van der Waals surface area contributed by atoms with E-state index in [1.54, 1.807) is 37.4 Å². The minimum Gasteiger partial charge on any atom is -0.497 e. The van der Waals surface area contributed by atoms with Gasteiger partial charge in [0.1, 0.15) is 5.75 Å². The van der Waals surface area contributed by atoms with Crippen molar-refractivity contribution >= 4 is 26.6 Å². The molecule has 0 N–H and O–H groups in total. The van der Waals surface area contributed by atoms with E-state index in [-0.39, 0.29) is 30.2 Å². The molecule has 0 spiro atoms. The van der Waals surface area contributed by atoms with Crippen LogP contribution in [0.15, 0.2) is 65.6 Å². The van der Waals surface area contributed by atoms with Gasteiger partial charge in [-0.1, -0.05) is 36.4 Å². The number of carbonyl (C=O) groups excluding carboxylic acids is 1. The monoisotopic (exact) mass is 381 g/mol. The third-order valence-electron chi connectivity index (χ3n) is 4.92. The number of nitrogens with zero attached hydrogens (tertiary/aromatic N) is 1. The number of benzene rings is 3. The van der Waals surface area contributed by atoms with Crippen LogP contribution in [0.2, 0.25) is 0 Å². The second-order valence-electron chi connectivity index (χ2n) is 6.51. The first-order valence-electron chi connectivity index (χ1n) is 8.69. The second-order valence-corrected chi connectivity index (χ2v) is 8.42. The lowest BCUT2D eigenvalue weighted by atomic mass is 10.0. The summed E-state index contributed by atoms with van der Waals surface area (Å²) in [4.78, 5) is 12.7. The summed E-state index contributed by atoms with van der Waals surface area (Å²) in [6, 6.07) is 17.8. The highest BCUT2D eigenvalue weighted by Gasteiger charge is 2.30. The van der Waals surface area contributed by atoms with Gasteiger partial charge in [0.2, 0.25) is 10.0 Å². The van der Waals surface area contributed by atoms with E-state index < -0.39 is 10.0 Å². The van der Waals surface area contributed by atoms with Gasteiger partial charge in [-0.15, -0.1) is 0 Å². The molecule has 138 valence electrons. The summed E-state index contributed by atoms with van der Waals surface area (Å²) in [6.45, 7) is 0.297. The summed E-state index contributed by atoms with van der Waals surface area (Å²) in [6.07, 6.45) is 0.156. The minimum atomic E-state index is -3.76. The molecule has 27 heavy (non-hydrogen) atoms. The van der Waals surface area contributed by atoms with Crippen LogP contribution in [0, 0.1) is 0 Å². The van der Waals surface area contributed by atoms with E-state index in [0.29, 0.717) is 22.3 Å². The van der Waals surface area contributed by atoms with E-state index in [1.165, 1.54) is 4.31 Å². The number of ether oxygens (including phenoxy) is 1. The number of carbonyl (C=O) groups is 1. The summed E-state index contributed by atoms with van der Waals surface area (Å²) < 4.78 is 33.4. The number of hydrogen-bond acceptors (Lipinski definition) is 4. The molecule has 5 nitrogen and oxygen atoms in total. The van der Waals surface area contributed by atoms with Crippen LogP contribution in [-0.2, 0) is 16.6 Å². The van der Waals surface area contributed by atoms with Gasteiger partial charge in [-0.2, -0.15) is 4.31 Å². The molecule has 0 saturated carbocycles. The Kier molecular flexibility index (Phi) is 4.45. The largest absolute Gasteiger partial charge is 0.497 e. The van der Waals surface area contributed by atoms with E-state index in [2.05, 4.69) is 0 Å². The van der Waals surface area contributed by atoms with Crippen LogP contribution in [0.25, 0.3) is 10.8 Å². The van der Waals surface area contributed by atoms with Gasteiger partial charge in [0, 0.05) is 30.5 Å². The molecule has 0 aromatic heterocycles. The zero-order valence-electron chi connectivity index (χ0n) is 14.9. The van der Waals surface area contributed by atoms with Gasteiger partial charge in [-0.3, -0.25) is 4.79 Å². The van der Waals surface area contributed by atoms with E-state index >= 15 is 0 Å². The molecule has 6 heteroatoms. The molecule has 0 unspecified atom stereocenters. The van der Waals surface area contributed by atoms with Gasteiger partial charge in [-0.05, 0) is 35.2 Å². The number of methoxy groups -OCH3 is 1. The number of rotatable bonds is 3. The van der Waals surface area contributed by atoms with Crippen LogP contribution in [0.5, 0.6) is 5.75 Å². The maximum absolute atomic E-state index is 13.4. The molecule has 3 aromatic carbocycles. The van der Waals surface area contributed by atoms with Gasteiger partial charge in [0.15, 0.2) is 5.78 Å². The van der Waals surface area contributed by atoms with Crippen LogP contribution >= 0.6 is 0 Å². The lowest BCUT2D eigenvalue weighted by Crippen LogP contribution is -2.31. The highest BCUT2D eigenvalue weighted by atomic mass is 32.2.